The standard InChI is InChI=1S/C28H22F3N5O4S/c1-17-24(15-33)26(35-27(37)36(17)21-7-4-6-20(13-21)28(29,30)31)23-10-9-18(14-32)12-25(23)41(38,39)34-16-19-5-3-8-22(11-19)40-2/h3-13,26,34H,16H2,1-2H3,(H,35,37)/t26-/m1/s1. The number of rotatable bonds is 7. The van der Waals surface area contributed by atoms with Crippen LogP contribution >= 0.6 is 0 Å². The first-order valence-corrected chi connectivity index (χ1v) is 13.4. The topological polar surface area (TPSA) is 135 Å². The van der Waals surface area contributed by atoms with Crippen molar-refractivity contribution >= 4 is 21.7 Å². The Morgan fingerprint density at radius 1 is 1.05 bits per heavy atom. The Kier molecular flexibility index (Phi) is 8.05. The summed E-state index contributed by atoms with van der Waals surface area (Å²) in [7, 11) is -2.84. The van der Waals surface area contributed by atoms with Gasteiger partial charge in [0.2, 0.25) is 10.0 Å². The van der Waals surface area contributed by atoms with Crippen LogP contribution in [0.15, 0.2) is 82.9 Å². The van der Waals surface area contributed by atoms with E-state index in [1.807, 2.05) is 12.1 Å². The Hall–Kier alpha value is -4.85. The van der Waals surface area contributed by atoms with Crippen LogP contribution in [0.3, 0.4) is 0 Å². The minimum Gasteiger partial charge on any atom is -0.497 e. The lowest BCUT2D eigenvalue weighted by molar-refractivity contribution is -0.137. The van der Waals surface area contributed by atoms with Gasteiger partial charge in [0, 0.05) is 12.2 Å². The lowest BCUT2D eigenvalue weighted by Gasteiger charge is -2.34. The molecular weight excluding hydrogens is 559 g/mol. The van der Waals surface area contributed by atoms with E-state index in [1.54, 1.807) is 24.3 Å². The minimum absolute atomic E-state index is 0.00455. The number of methoxy groups -OCH3 is 1. The fourth-order valence-electron chi connectivity index (χ4n) is 4.37. The van der Waals surface area contributed by atoms with Crippen molar-refractivity contribution in [2.24, 2.45) is 0 Å². The fraction of sp³-hybridized carbons (Fsp3) is 0.179. The van der Waals surface area contributed by atoms with Gasteiger partial charge in [-0.1, -0.05) is 24.3 Å². The Bertz CT molecular complexity index is 1740. The number of hydrogen-bond donors (Lipinski definition) is 2. The van der Waals surface area contributed by atoms with E-state index >= 15 is 0 Å². The molecule has 0 bridgehead atoms. The number of urea groups is 1. The molecule has 0 saturated heterocycles. The highest BCUT2D eigenvalue weighted by Crippen LogP contribution is 2.38. The molecule has 1 aliphatic rings. The summed E-state index contributed by atoms with van der Waals surface area (Å²) in [5.41, 5.74) is -0.611. The summed E-state index contributed by atoms with van der Waals surface area (Å²) in [6, 6.07) is 16.2. The SMILES string of the molecule is COc1cccc(CNS(=O)(=O)c2cc(C#N)ccc2[C@H]2NC(=O)N(c3cccc(C(F)(F)F)c3)C(C)=C2C#N)c1. The minimum atomic E-state index is -4.66. The van der Waals surface area contributed by atoms with Gasteiger partial charge in [-0.15, -0.1) is 0 Å². The molecule has 4 rings (SSSR count). The van der Waals surface area contributed by atoms with Crippen molar-refractivity contribution in [3.05, 3.63) is 100 Å². The van der Waals surface area contributed by atoms with Gasteiger partial charge in [-0.25, -0.2) is 17.9 Å². The van der Waals surface area contributed by atoms with Crippen molar-refractivity contribution in [1.29, 1.82) is 10.5 Å². The number of anilines is 1. The van der Waals surface area contributed by atoms with E-state index in [0.717, 1.165) is 29.2 Å². The molecule has 13 heteroatoms. The lowest BCUT2D eigenvalue weighted by atomic mass is 9.94. The van der Waals surface area contributed by atoms with Crippen LogP contribution in [-0.4, -0.2) is 21.6 Å². The van der Waals surface area contributed by atoms with E-state index < -0.39 is 33.8 Å². The highest BCUT2D eigenvalue weighted by molar-refractivity contribution is 7.89. The molecule has 0 unspecified atom stereocenters. The first-order valence-electron chi connectivity index (χ1n) is 11.9. The van der Waals surface area contributed by atoms with Gasteiger partial charge in [0.25, 0.3) is 0 Å². The molecule has 2 N–H and O–H groups in total. The molecule has 41 heavy (non-hydrogen) atoms. The summed E-state index contributed by atoms with van der Waals surface area (Å²) in [4.78, 5) is 13.8. The Morgan fingerprint density at radius 2 is 1.78 bits per heavy atom. The first-order chi connectivity index (χ1) is 19.4. The number of carbonyl (C=O) groups is 1. The largest absolute Gasteiger partial charge is 0.497 e. The maximum absolute atomic E-state index is 13.5. The van der Waals surface area contributed by atoms with Crippen molar-refractivity contribution in [1.82, 2.24) is 10.0 Å². The van der Waals surface area contributed by atoms with Crippen molar-refractivity contribution in [3.8, 4) is 17.9 Å². The smallest absolute Gasteiger partial charge is 0.416 e. The van der Waals surface area contributed by atoms with Crippen molar-refractivity contribution in [2.75, 3.05) is 12.0 Å². The highest BCUT2D eigenvalue weighted by atomic mass is 32.2. The summed E-state index contributed by atoms with van der Waals surface area (Å²) in [6.45, 7) is 1.25. The summed E-state index contributed by atoms with van der Waals surface area (Å²) in [6.07, 6.45) is -4.66. The number of allylic oxidation sites excluding steroid dienone is 1. The third-order valence-electron chi connectivity index (χ3n) is 6.38. The molecule has 0 spiro atoms. The molecule has 3 aromatic carbocycles. The van der Waals surface area contributed by atoms with E-state index in [2.05, 4.69) is 10.0 Å². The molecule has 2 amide bonds. The van der Waals surface area contributed by atoms with Crippen LogP contribution < -0.4 is 19.7 Å². The molecule has 1 heterocycles. The zero-order valence-corrected chi connectivity index (χ0v) is 22.5. The number of amides is 2. The molecule has 0 fully saturated rings. The van der Waals surface area contributed by atoms with Gasteiger partial charge in [-0.3, -0.25) is 4.90 Å². The Morgan fingerprint density at radius 3 is 2.44 bits per heavy atom. The zero-order chi connectivity index (χ0) is 29.9. The summed E-state index contributed by atoms with van der Waals surface area (Å²) >= 11 is 0. The number of hydrogen-bond acceptors (Lipinski definition) is 6. The monoisotopic (exact) mass is 581 g/mol. The number of sulfonamides is 1. The molecule has 9 nitrogen and oxygen atoms in total. The molecular formula is C28H22F3N5O4S. The van der Waals surface area contributed by atoms with Gasteiger partial charge in [-0.05, 0) is 60.5 Å². The van der Waals surface area contributed by atoms with Crippen molar-refractivity contribution in [3.63, 3.8) is 0 Å². The van der Waals surface area contributed by atoms with Gasteiger partial charge in [0.15, 0.2) is 0 Å². The van der Waals surface area contributed by atoms with Crippen LogP contribution in [0.2, 0.25) is 0 Å². The zero-order valence-electron chi connectivity index (χ0n) is 21.7. The lowest BCUT2D eigenvalue weighted by Crippen LogP contribution is -2.47. The Balaban J connectivity index is 1.77. The molecule has 0 saturated carbocycles. The molecule has 210 valence electrons. The number of carbonyl (C=O) groups excluding carboxylic acids is 1. The van der Waals surface area contributed by atoms with Gasteiger partial charge in [0.1, 0.15) is 5.75 Å². The van der Waals surface area contributed by atoms with Crippen molar-refractivity contribution in [2.45, 2.75) is 30.6 Å². The fourth-order valence-corrected chi connectivity index (χ4v) is 5.66. The van der Waals surface area contributed by atoms with Crippen LogP contribution in [0.25, 0.3) is 0 Å². The number of benzene rings is 3. The van der Waals surface area contributed by atoms with Gasteiger partial charge in [-0.2, -0.15) is 23.7 Å². The molecule has 1 atom stereocenters. The average Bonchev–Trinajstić information content (AvgIpc) is 2.95. The summed E-state index contributed by atoms with van der Waals surface area (Å²) in [5, 5.41) is 22.0. The molecule has 3 aromatic rings. The van der Waals surface area contributed by atoms with Gasteiger partial charge < -0.3 is 10.1 Å². The molecule has 0 aliphatic carbocycles. The predicted molar refractivity (Wildman–Crippen MR) is 142 cm³/mol. The quantitative estimate of drug-likeness (QED) is 0.397. The summed E-state index contributed by atoms with van der Waals surface area (Å²) < 4.78 is 74.5. The number of nitriles is 2. The van der Waals surface area contributed by atoms with E-state index in [9.17, 15) is 36.9 Å². The van der Waals surface area contributed by atoms with E-state index in [0.29, 0.717) is 11.3 Å². The second-order valence-corrected chi connectivity index (χ2v) is 10.7. The van der Waals surface area contributed by atoms with Crippen LogP contribution in [0.1, 0.15) is 35.2 Å². The molecule has 0 radical (unpaired) electrons. The third-order valence-corrected chi connectivity index (χ3v) is 7.84. The van der Waals surface area contributed by atoms with E-state index in [-0.39, 0.29) is 39.5 Å². The normalized spacial score (nSPS) is 15.6. The Labute approximate surface area is 234 Å². The second kappa shape index (κ2) is 11.3. The predicted octanol–water partition coefficient (Wildman–Crippen LogP) is 5.13. The maximum Gasteiger partial charge on any atom is 0.416 e. The van der Waals surface area contributed by atoms with E-state index in [4.69, 9.17) is 4.74 Å². The van der Waals surface area contributed by atoms with E-state index in [1.165, 1.54) is 32.2 Å². The number of alkyl halides is 3. The molecule has 1 aliphatic heterocycles. The number of ether oxygens (including phenoxy) is 1. The number of nitrogens with zero attached hydrogens (tertiary/aromatic N) is 3. The van der Waals surface area contributed by atoms with Crippen LogP contribution in [0, 0.1) is 22.7 Å². The molecule has 0 aromatic heterocycles. The third kappa shape index (κ3) is 6.01. The highest BCUT2D eigenvalue weighted by Gasteiger charge is 2.37. The average molecular weight is 582 g/mol. The second-order valence-electron chi connectivity index (χ2n) is 8.92. The van der Waals surface area contributed by atoms with Gasteiger partial charge >= 0.3 is 12.2 Å². The van der Waals surface area contributed by atoms with Crippen LogP contribution in [0.5, 0.6) is 5.75 Å². The van der Waals surface area contributed by atoms with Crippen LogP contribution in [0.4, 0.5) is 23.7 Å². The number of nitrogens with one attached hydrogen (secondary N) is 2. The first kappa shape index (κ1) is 29.1. The van der Waals surface area contributed by atoms with Gasteiger partial charge in [0.05, 0.1) is 52.6 Å². The van der Waals surface area contributed by atoms with Crippen LogP contribution in [-0.2, 0) is 22.7 Å². The maximum atomic E-state index is 13.5. The summed E-state index contributed by atoms with van der Waals surface area (Å²) in [5.74, 6) is 0.517. The number of halogens is 3. The van der Waals surface area contributed by atoms with Crippen molar-refractivity contribution < 1.29 is 31.1 Å².